The molecule has 0 saturated heterocycles. The first-order valence-electron chi connectivity index (χ1n) is 9.84. The molecule has 25 heavy (non-hydrogen) atoms. The van der Waals surface area contributed by atoms with Gasteiger partial charge >= 0.3 is 0 Å². The highest BCUT2D eigenvalue weighted by atomic mass is 32.1. The minimum Gasteiger partial charge on any atom is -0.367 e. The first-order valence-corrected chi connectivity index (χ1v) is 10.7. The van der Waals surface area contributed by atoms with Crippen LogP contribution >= 0.6 is 11.3 Å². The van der Waals surface area contributed by atoms with E-state index in [2.05, 4.69) is 41.1 Å². The lowest BCUT2D eigenvalue weighted by Gasteiger charge is -2.36. The molecule has 136 valence electrons. The summed E-state index contributed by atoms with van der Waals surface area (Å²) in [6.45, 7) is 5.82. The molecule has 1 saturated carbocycles. The molecule has 0 atom stereocenters. The Morgan fingerprint density at radius 3 is 2.76 bits per heavy atom. The molecule has 5 heteroatoms. The predicted molar refractivity (Wildman–Crippen MR) is 107 cm³/mol. The van der Waals surface area contributed by atoms with Crippen molar-refractivity contribution in [3.63, 3.8) is 0 Å². The molecule has 1 fully saturated rings. The van der Waals surface area contributed by atoms with Crippen molar-refractivity contribution in [3.8, 4) is 0 Å². The average molecular weight is 359 g/mol. The van der Waals surface area contributed by atoms with E-state index >= 15 is 0 Å². The van der Waals surface area contributed by atoms with Gasteiger partial charge in [-0.15, -0.1) is 11.3 Å². The number of hydrogen-bond donors (Lipinski definition) is 1. The Balaban J connectivity index is 1.43. The number of thiophene rings is 1. The summed E-state index contributed by atoms with van der Waals surface area (Å²) in [5, 5.41) is 5.10. The maximum atomic E-state index is 4.62. The standard InChI is InChI=1S/C20H30N4S/c1-13(2)11-24(3)15-9-7-14(8-10-15)23-19-18-16-5-4-6-17(16)25-20(18)22-12-21-19/h12-15H,4-11H2,1-3H3,(H,21,22,23)/t14-,15-. The minimum atomic E-state index is 0.554. The van der Waals surface area contributed by atoms with E-state index in [0.29, 0.717) is 6.04 Å². The van der Waals surface area contributed by atoms with Crippen LogP contribution in [0.3, 0.4) is 0 Å². The van der Waals surface area contributed by atoms with Gasteiger partial charge in [0.05, 0.1) is 5.39 Å². The fourth-order valence-electron chi connectivity index (χ4n) is 4.62. The van der Waals surface area contributed by atoms with Gasteiger partial charge in [-0.2, -0.15) is 0 Å². The molecule has 0 amide bonds. The molecule has 0 radical (unpaired) electrons. The number of fused-ring (bicyclic) bond motifs is 3. The fourth-order valence-corrected chi connectivity index (χ4v) is 5.85. The van der Waals surface area contributed by atoms with Crippen LogP contribution in [0.2, 0.25) is 0 Å². The summed E-state index contributed by atoms with van der Waals surface area (Å²) in [6, 6.07) is 1.30. The van der Waals surface area contributed by atoms with Gasteiger partial charge in [0.15, 0.2) is 0 Å². The summed E-state index contributed by atoms with van der Waals surface area (Å²) in [7, 11) is 2.29. The average Bonchev–Trinajstić information content (AvgIpc) is 3.16. The third-order valence-corrected chi connectivity index (χ3v) is 7.02. The van der Waals surface area contributed by atoms with Gasteiger partial charge in [0.25, 0.3) is 0 Å². The topological polar surface area (TPSA) is 41.0 Å². The van der Waals surface area contributed by atoms with Gasteiger partial charge in [-0.25, -0.2) is 9.97 Å². The summed E-state index contributed by atoms with van der Waals surface area (Å²) < 4.78 is 0. The van der Waals surface area contributed by atoms with Crippen LogP contribution in [0.15, 0.2) is 6.33 Å². The van der Waals surface area contributed by atoms with Crippen molar-refractivity contribution in [2.75, 3.05) is 18.9 Å². The SMILES string of the molecule is CC(C)CN(C)[C@H]1CC[C@H](Nc2ncnc3sc4c(c23)CCC4)CC1. The lowest BCUT2D eigenvalue weighted by Crippen LogP contribution is -2.40. The lowest BCUT2D eigenvalue weighted by molar-refractivity contribution is 0.170. The number of nitrogens with one attached hydrogen (secondary N) is 1. The Morgan fingerprint density at radius 2 is 2.00 bits per heavy atom. The second kappa shape index (κ2) is 7.20. The molecule has 4 nitrogen and oxygen atoms in total. The Bertz CT molecular complexity index is 731. The smallest absolute Gasteiger partial charge is 0.138 e. The maximum Gasteiger partial charge on any atom is 0.138 e. The molecule has 2 aliphatic rings. The molecule has 0 aliphatic heterocycles. The van der Waals surface area contributed by atoms with E-state index in [0.717, 1.165) is 17.8 Å². The molecule has 0 spiro atoms. The minimum absolute atomic E-state index is 0.554. The number of aryl methyl sites for hydroxylation is 2. The molecule has 2 aromatic heterocycles. The first kappa shape index (κ1) is 17.2. The zero-order chi connectivity index (χ0) is 17.4. The van der Waals surface area contributed by atoms with Crippen molar-refractivity contribution in [3.05, 3.63) is 16.8 Å². The maximum absolute atomic E-state index is 4.62. The molecule has 2 aromatic rings. The van der Waals surface area contributed by atoms with Crippen molar-refractivity contribution in [1.29, 1.82) is 0 Å². The summed E-state index contributed by atoms with van der Waals surface area (Å²) in [4.78, 5) is 14.4. The van der Waals surface area contributed by atoms with Crippen LogP contribution in [0.4, 0.5) is 5.82 Å². The summed E-state index contributed by atoms with van der Waals surface area (Å²) in [5.41, 5.74) is 1.52. The molecule has 0 unspecified atom stereocenters. The highest BCUT2D eigenvalue weighted by Gasteiger charge is 2.26. The molecule has 0 bridgehead atoms. The number of nitrogens with zero attached hydrogens (tertiary/aromatic N) is 3. The number of hydrogen-bond acceptors (Lipinski definition) is 5. The van der Waals surface area contributed by atoms with Crippen LogP contribution in [0.25, 0.3) is 10.2 Å². The van der Waals surface area contributed by atoms with Crippen LogP contribution in [0.5, 0.6) is 0 Å². The Hall–Kier alpha value is -1.20. The second-order valence-corrected chi connectivity index (χ2v) is 9.33. The van der Waals surface area contributed by atoms with Crippen molar-refractivity contribution >= 4 is 27.4 Å². The van der Waals surface area contributed by atoms with Gasteiger partial charge in [-0.05, 0) is 63.5 Å². The van der Waals surface area contributed by atoms with Crippen LogP contribution in [-0.2, 0) is 12.8 Å². The zero-order valence-corrected chi connectivity index (χ0v) is 16.5. The Kier molecular flexibility index (Phi) is 4.96. The van der Waals surface area contributed by atoms with E-state index in [4.69, 9.17) is 0 Å². The van der Waals surface area contributed by atoms with Crippen LogP contribution in [-0.4, -0.2) is 40.5 Å². The van der Waals surface area contributed by atoms with Gasteiger partial charge in [0.2, 0.25) is 0 Å². The lowest BCUT2D eigenvalue weighted by atomic mass is 9.90. The number of anilines is 1. The third kappa shape index (κ3) is 3.54. The van der Waals surface area contributed by atoms with Gasteiger partial charge in [0, 0.05) is 23.5 Å². The summed E-state index contributed by atoms with van der Waals surface area (Å²) >= 11 is 1.87. The van der Waals surface area contributed by atoms with Gasteiger partial charge < -0.3 is 10.2 Å². The zero-order valence-electron chi connectivity index (χ0n) is 15.7. The van der Waals surface area contributed by atoms with Gasteiger partial charge in [-0.1, -0.05) is 13.8 Å². The molecule has 2 heterocycles. The van der Waals surface area contributed by atoms with Crippen LogP contribution in [0, 0.1) is 5.92 Å². The summed E-state index contributed by atoms with van der Waals surface area (Å²) in [6.07, 6.45) is 10.5. The highest BCUT2D eigenvalue weighted by Crippen LogP contribution is 2.39. The van der Waals surface area contributed by atoms with Crippen molar-refractivity contribution in [2.24, 2.45) is 5.92 Å². The van der Waals surface area contributed by atoms with E-state index in [-0.39, 0.29) is 0 Å². The van der Waals surface area contributed by atoms with Crippen LogP contribution < -0.4 is 5.32 Å². The Morgan fingerprint density at radius 1 is 1.20 bits per heavy atom. The van der Waals surface area contributed by atoms with E-state index in [1.807, 2.05) is 11.3 Å². The largest absolute Gasteiger partial charge is 0.367 e. The van der Waals surface area contributed by atoms with Crippen molar-refractivity contribution < 1.29 is 0 Å². The summed E-state index contributed by atoms with van der Waals surface area (Å²) in [5.74, 6) is 1.83. The van der Waals surface area contributed by atoms with Gasteiger partial charge in [0.1, 0.15) is 17.0 Å². The molecular formula is C20H30N4S. The second-order valence-electron chi connectivity index (χ2n) is 8.24. The van der Waals surface area contributed by atoms with E-state index in [1.165, 1.54) is 72.1 Å². The quantitative estimate of drug-likeness (QED) is 0.855. The highest BCUT2D eigenvalue weighted by molar-refractivity contribution is 7.19. The van der Waals surface area contributed by atoms with Gasteiger partial charge in [-0.3, -0.25) is 0 Å². The van der Waals surface area contributed by atoms with Crippen molar-refractivity contribution in [2.45, 2.75) is 70.9 Å². The van der Waals surface area contributed by atoms with E-state index in [1.54, 1.807) is 6.33 Å². The van der Waals surface area contributed by atoms with Crippen molar-refractivity contribution in [1.82, 2.24) is 14.9 Å². The normalized spacial score (nSPS) is 23.6. The van der Waals surface area contributed by atoms with Crippen LogP contribution in [0.1, 0.15) is 56.4 Å². The molecule has 4 rings (SSSR count). The molecule has 1 N–H and O–H groups in total. The monoisotopic (exact) mass is 358 g/mol. The third-order valence-electron chi connectivity index (χ3n) is 5.82. The number of rotatable bonds is 5. The van der Waals surface area contributed by atoms with E-state index < -0.39 is 0 Å². The molecular weight excluding hydrogens is 328 g/mol. The molecule has 2 aliphatic carbocycles. The predicted octanol–water partition coefficient (Wildman–Crippen LogP) is 4.49. The number of aromatic nitrogens is 2. The Labute approximate surface area is 155 Å². The molecule has 0 aromatic carbocycles. The fraction of sp³-hybridized carbons (Fsp3) is 0.700. The first-order chi connectivity index (χ1) is 12.1. The van der Waals surface area contributed by atoms with E-state index in [9.17, 15) is 0 Å².